The second-order valence-electron chi connectivity index (χ2n) is 9.06. The maximum absolute atomic E-state index is 14.5. The fourth-order valence-corrected chi connectivity index (χ4v) is 4.77. The number of carbonyl (C=O) groups is 1. The van der Waals surface area contributed by atoms with E-state index >= 15 is 0 Å². The molecule has 1 atom stereocenters. The van der Waals surface area contributed by atoms with Crippen LogP contribution in [0.25, 0.3) is 11.1 Å². The molecule has 0 unspecified atom stereocenters. The summed E-state index contributed by atoms with van der Waals surface area (Å²) >= 11 is 0. The zero-order valence-electron chi connectivity index (χ0n) is 20.2. The SMILES string of the molecule is COCCC(=O)N1CCN(c2nc(C3CC3)c(-c3ccc(OC)c(F)c3)c(C)c2C#N)C[C@H]1C. The second kappa shape index (κ2) is 9.98. The number of hydrogen-bond acceptors (Lipinski definition) is 6. The van der Waals surface area contributed by atoms with Gasteiger partial charge in [0, 0.05) is 44.3 Å². The summed E-state index contributed by atoms with van der Waals surface area (Å²) in [5, 5.41) is 10.1. The lowest BCUT2D eigenvalue weighted by Gasteiger charge is -2.41. The Morgan fingerprint density at radius 1 is 1.29 bits per heavy atom. The molecular formula is C26H31FN4O3. The van der Waals surface area contributed by atoms with Crippen molar-refractivity contribution in [3.8, 4) is 22.9 Å². The number of nitrogens with zero attached hydrogens (tertiary/aromatic N) is 4. The zero-order valence-corrected chi connectivity index (χ0v) is 20.2. The van der Waals surface area contributed by atoms with Gasteiger partial charge >= 0.3 is 0 Å². The molecule has 4 rings (SSSR count). The molecule has 1 amide bonds. The van der Waals surface area contributed by atoms with Crippen LogP contribution < -0.4 is 9.64 Å². The van der Waals surface area contributed by atoms with E-state index in [9.17, 15) is 14.4 Å². The fourth-order valence-electron chi connectivity index (χ4n) is 4.77. The van der Waals surface area contributed by atoms with Crippen LogP contribution in [0, 0.1) is 24.1 Å². The first kappa shape index (κ1) is 24.0. The summed E-state index contributed by atoms with van der Waals surface area (Å²) in [5.74, 6) is 0.794. The fraction of sp³-hybridized carbons (Fsp3) is 0.500. The van der Waals surface area contributed by atoms with Crippen LogP contribution in [-0.2, 0) is 9.53 Å². The summed E-state index contributed by atoms with van der Waals surface area (Å²) in [7, 11) is 3.03. The molecule has 0 bridgehead atoms. The molecule has 1 aromatic carbocycles. The number of methoxy groups -OCH3 is 2. The number of piperazine rings is 1. The summed E-state index contributed by atoms with van der Waals surface area (Å²) < 4.78 is 24.7. The third-order valence-corrected chi connectivity index (χ3v) is 6.74. The lowest BCUT2D eigenvalue weighted by Crippen LogP contribution is -2.54. The molecule has 7 nitrogen and oxygen atoms in total. The molecule has 8 heteroatoms. The van der Waals surface area contributed by atoms with Crippen molar-refractivity contribution in [1.29, 1.82) is 5.26 Å². The Bertz CT molecular complexity index is 1130. The molecule has 1 aliphatic carbocycles. The van der Waals surface area contributed by atoms with Crippen molar-refractivity contribution >= 4 is 11.7 Å². The molecule has 1 saturated carbocycles. The van der Waals surface area contributed by atoms with Gasteiger partial charge in [0.1, 0.15) is 11.9 Å². The lowest BCUT2D eigenvalue weighted by molar-refractivity contribution is -0.134. The Morgan fingerprint density at radius 2 is 2.06 bits per heavy atom. The minimum atomic E-state index is -0.438. The summed E-state index contributed by atoms with van der Waals surface area (Å²) in [5.41, 5.74) is 3.77. The van der Waals surface area contributed by atoms with Crippen LogP contribution in [0.3, 0.4) is 0 Å². The van der Waals surface area contributed by atoms with E-state index in [4.69, 9.17) is 14.5 Å². The van der Waals surface area contributed by atoms with Crippen LogP contribution in [0.2, 0.25) is 0 Å². The summed E-state index contributed by atoms with van der Waals surface area (Å²) in [6, 6.07) is 7.24. The van der Waals surface area contributed by atoms with Gasteiger partial charge in [-0.2, -0.15) is 5.26 Å². The van der Waals surface area contributed by atoms with Crippen molar-refractivity contribution in [3.63, 3.8) is 0 Å². The Kier molecular flexibility index (Phi) is 7.03. The predicted octanol–water partition coefficient (Wildman–Crippen LogP) is 4.03. The van der Waals surface area contributed by atoms with Gasteiger partial charge in [-0.3, -0.25) is 4.79 Å². The highest BCUT2D eigenvalue weighted by atomic mass is 19.1. The minimum Gasteiger partial charge on any atom is -0.494 e. The minimum absolute atomic E-state index is 0.00788. The number of pyridine rings is 1. The van der Waals surface area contributed by atoms with E-state index in [1.165, 1.54) is 13.2 Å². The molecule has 2 aromatic rings. The van der Waals surface area contributed by atoms with Gasteiger partial charge in [0.2, 0.25) is 5.91 Å². The number of nitriles is 1. The normalized spacial score (nSPS) is 18.1. The Hall–Kier alpha value is -3.18. The van der Waals surface area contributed by atoms with Crippen LogP contribution in [0.4, 0.5) is 10.2 Å². The number of amides is 1. The van der Waals surface area contributed by atoms with E-state index in [1.54, 1.807) is 13.2 Å². The van der Waals surface area contributed by atoms with E-state index in [2.05, 4.69) is 11.0 Å². The molecule has 0 spiro atoms. The first-order valence-corrected chi connectivity index (χ1v) is 11.7. The number of rotatable bonds is 7. The molecule has 1 aromatic heterocycles. The highest BCUT2D eigenvalue weighted by Gasteiger charge is 2.34. The van der Waals surface area contributed by atoms with Crippen molar-refractivity contribution in [3.05, 3.63) is 40.8 Å². The molecule has 0 N–H and O–H groups in total. The molecule has 1 saturated heterocycles. The van der Waals surface area contributed by atoms with Crippen LogP contribution in [0.1, 0.15) is 48.9 Å². The molecule has 180 valence electrons. The van der Waals surface area contributed by atoms with E-state index in [1.807, 2.05) is 24.8 Å². The van der Waals surface area contributed by atoms with Crippen molar-refractivity contribution in [2.24, 2.45) is 0 Å². The standard InChI is InChI=1S/C26H31FN4O3/c1-16-15-30(10-11-31(16)23(32)9-12-33-3)26-20(14-28)17(2)24(25(29-26)18-5-6-18)19-7-8-22(34-4)21(27)13-19/h7-8,13,16,18H,5-6,9-12,15H2,1-4H3/t16-/m1/s1. The van der Waals surface area contributed by atoms with Gasteiger partial charge in [-0.15, -0.1) is 0 Å². The highest BCUT2D eigenvalue weighted by molar-refractivity contribution is 5.79. The second-order valence-corrected chi connectivity index (χ2v) is 9.06. The number of benzene rings is 1. The van der Waals surface area contributed by atoms with Crippen molar-refractivity contribution in [2.45, 2.75) is 45.1 Å². The maximum atomic E-state index is 14.5. The molecule has 2 fully saturated rings. The first-order valence-electron chi connectivity index (χ1n) is 11.7. The number of carbonyl (C=O) groups excluding carboxylic acids is 1. The monoisotopic (exact) mass is 466 g/mol. The summed E-state index contributed by atoms with van der Waals surface area (Å²) in [6.07, 6.45) is 2.42. The Balaban J connectivity index is 1.70. The number of ether oxygens (including phenoxy) is 2. The molecule has 34 heavy (non-hydrogen) atoms. The van der Waals surface area contributed by atoms with Crippen LogP contribution >= 0.6 is 0 Å². The van der Waals surface area contributed by atoms with Crippen LogP contribution in [-0.4, -0.2) is 62.3 Å². The van der Waals surface area contributed by atoms with Gasteiger partial charge in [0.05, 0.1) is 31.4 Å². The third-order valence-electron chi connectivity index (χ3n) is 6.74. The maximum Gasteiger partial charge on any atom is 0.225 e. The summed E-state index contributed by atoms with van der Waals surface area (Å²) in [6.45, 7) is 6.11. The van der Waals surface area contributed by atoms with Gasteiger partial charge in [-0.1, -0.05) is 6.07 Å². The molecule has 2 heterocycles. The van der Waals surface area contributed by atoms with Crippen molar-refractivity contribution in [1.82, 2.24) is 9.88 Å². The van der Waals surface area contributed by atoms with Gasteiger partial charge in [-0.05, 0) is 49.9 Å². The lowest BCUT2D eigenvalue weighted by atomic mass is 9.93. The Labute approximate surface area is 200 Å². The summed E-state index contributed by atoms with van der Waals surface area (Å²) in [4.78, 5) is 21.5. The van der Waals surface area contributed by atoms with Gasteiger partial charge in [-0.25, -0.2) is 9.37 Å². The van der Waals surface area contributed by atoms with Crippen LogP contribution in [0.5, 0.6) is 5.75 Å². The van der Waals surface area contributed by atoms with Gasteiger partial charge < -0.3 is 19.3 Å². The topological polar surface area (TPSA) is 78.7 Å². The molecular weight excluding hydrogens is 435 g/mol. The zero-order chi connectivity index (χ0) is 24.4. The molecule has 2 aliphatic rings. The van der Waals surface area contributed by atoms with E-state index in [0.717, 1.165) is 29.7 Å². The van der Waals surface area contributed by atoms with Gasteiger partial charge in [0.25, 0.3) is 0 Å². The number of halogens is 1. The highest BCUT2D eigenvalue weighted by Crippen LogP contribution is 2.47. The smallest absolute Gasteiger partial charge is 0.225 e. The third kappa shape index (κ3) is 4.58. The number of hydrogen-bond donors (Lipinski definition) is 0. The van der Waals surface area contributed by atoms with Crippen molar-refractivity contribution < 1.29 is 18.7 Å². The number of anilines is 1. The molecule has 1 aliphatic heterocycles. The Morgan fingerprint density at radius 3 is 2.65 bits per heavy atom. The largest absolute Gasteiger partial charge is 0.494 e. The van der Waals surface area contributed by atoms with E-state index < -0.39 is 5.82 Å². The predicted molar refractivity (Wildman–Crippen MR) is 127 cm³/mol. The quantitative estimate of drug-likeness (QED) is 0.613. The van der Waals surface area contributed by atoms with Gasteiger partial charge in [0.15, 0.2) is 11.6 Å². The first-order chi connectivity index (χ1) is 16.4. The average molecular weight is 467 g/mol. The van der Waals surface area contributed by atoms with E-state index in [-0.39, 0.29) is 17.7 Å². The molecule has 0 radical (unpaired) electrons. The van der Waals surface area contributed by atoms with E-state index in [0.29, 0.717) is 55.5 Å². The number of aromatic nitrogens is 1. The van der Waals surface area contributed by atoms with Crippen LogP contribution in [0.15, 0.2) is 18.2 Å². The average Bonchev–Trinajstić information content (AvgIpc) is 3.67. The van der Waals surface area contributed by atoms with Crippen molar-refractivity contribution in [2.75, 3.05) is 45.4 Å².